The molecule has 0 aliphatic carbocycles. The van der Waals surface area contributed by atoms with Crippen LogP contribution in [-0.2, 0) is 22.3 Å². The molecule has 0 radical (unpaired) electrons. The zero-order valence-corrected chi connectivity index (χ0v) is 11.8. The Kier molecular flexibility index (Phi) is 5.78. The lowest BCUT2D eigenvalue weighted by atomic mass is 10.1. The zero-order valence-electron chi connectivity index (χ0n) is 11.0. The van der Waals surface area contributed by atoms with E-state index in [2.05, 4.69) is 4.72 Å². The van der Waals surface area contributed by atoms with Crippen molar-refractivity contribution < 1.29 is 8.42 Å². The van der Waals surface area contributed by atoms with Gasteiger partial charge in [0.25, 0.3) is 0 Å². The fourth-order valence-corrected chi connectivity index (χ4v) is 2.73. The second kappa shape index (κ2) is 6.87. The first-order valence-corrected chi connectivity index (χ1v) is 7.87. The largest absolute Gasteiger partial charge is 0.326 e. The quantitative estimate of drug-likeness (QED) is 0.790. The molecule has 102 valence electrons. The van der Waals surface area contributed by atoms with Crippen LogP contribution in [0.4, 0.5) is 0 Å². The predicted octanol–water partition coefficient (Wildman–Crippen LogP) is 1.61. The lowest BCUT2D eigenvalue weighted by Gasteiger charge is -2.11. The van der Waals surface area contributed by atoms with Crippen molar-refractivity contribution >= 4 is 10.0 Å². The molecule has 1 rings (SSSR count). The van der Waals surface area contributed by atoms with Crippen molar-refractivity contribution in [2.45, 2.75) is 32.6 Å². The first-order chi connectivity index (χ1) is 8.46. The molecule has 0 amide bonds. The molecule has 5 heteroatoms. The summed E-state index contributed by atoms with van der Waals surface area (Å²) < 4.78 is 26.3. The summed E-state index contributed by atoms with van der Waals surface area (Å²) in [6, 6.07) is 7.34. The molecular weight excluding hydrogens is 248 g/mol. The third-order valence-electron chi connectivity index (χ3n) is 2.96. The highest BCUT2D eigenvalue weighted by molar-refractivity contribution is 7.88. The molecule has 1 unspecified atom stereocenters. The van der Waals surface area contributed by atoms with E-state index in [1.54, 1.807) is 0 Å². The Morgan fingerprint density at radius 1 is 1.22 bits per heavy atom. The normalized spacial score (nSPS) is 13.5. The van der Waals surface area contributed by atoms with E-state index < -0.39 is 10.0 Å². The Bertz CT molecular complexity index is 454. The Morgan fingerprint density at radius 3 is 2.28 bits per heavy atom. The van der Waals surface area contributed by atoms with E-state index in [1.807, 2.05) is 38.1 Å². The van der Waals surface area contributed by atoms with Crippen LogP contribution in [0.15, 0.2) is 24.3 Å². The van der Waals surface area contributed by atoms with Crippen molar-refractivity contribution in [1.29, 1.82) is 0 Å². The van der Waals surface area contributed by atoms with Gasteiger partial charge in [-0.15, -0.1) is 0 Å². The summed E-state index contributed by atoms with van der Waals surface area (Å²) in [6.07, 6.45) is 0.966. The number of rotatable bonds is 7. The van der Waals surface area contributed by atoms with E-state index in [9.17, 15) is 8.42 Å². The minimum absolute atomic E-state index is 0.0221. The predicted molar refractivity (Wildman–Crippen MR) is 74.4 cm³/mol. The van der Waals surface area contributed by atoms with Crippen LogP contribution in [-0.4, -0.2) is 15.0 Å². The molecule has 0 bridgehead atoms. The third kappa shape index (κ3) is 5.16. The SMILES string of the molecule is CCC(C)CNS(=O)(=O)Cc1ccc(CN)cc1. The Morgan fingerprint density at radius 2 is 1.78 bits per heavy atom. The van der Waals surface area contributed by atoms with Gasteiger partial charge in [-0.25, -0.2) is 13.1 Å². The molecule has 0 aromatic heterocycles. The maximum Gasteiger partial charge on any atom is 0.215 e. The molecule has 0 aliphatic heterocycles. The highest BCUT2D eigenvalue weighted by Crippen LogP contribution is 2.08. The van der Waals surface area contributed by atoms with Gasteiger partial charge in [-0.1, -0.05) is 44.5 Å². The van der Waals surface area contributed by atoms with Crippen LogP contribution in [0.2, 0.25) is 0 Å². The van der Waals surface area contributed by atoms with Gasteiger partial charge >= 0.3 is 0 Å². The average Bonchev–Trinajstić information content (AvgIpc) is 2.36. The van der Waals surface area contributed by atoms with Crippen molar-refractivity contribution in [3.8, 4) is 0 Å². The van der Waals surface area contributed by atoms with Gasteiger partial charge < -0.3 is 5.73 Å². The van der Waals surface area contributed by atoms with E-state index in [0.717, 1.165) is 17.5 Å². The number of sulfonamides is 1. The number of benzene rings is 1. The molecule has 0 fully saturated rings. The van der Waals surface area contributed by atoms with E-state index in [-0.39, 0.29) is 5.75 Å². The van der Waals surface area contributed by atoms with Crippen LogP contribution in [0.25, 0.3) is 0 Å². The molecule has 4 nitrogen and oxygen atoms in total. The summed E-state index contributed by atoms with van der Waals surface area (Å²) in [4.78, 5) is 0. The van der Waals surface area contributed by atoms with Gasteiger partial charge in [0.1, 0.15) is 0 Å². The van der Waals surface area contributed by atoms with Gasteiger partial charge in [0.15, 0.2) is 0 Å². The van der Waals surface area contributed by atoms with Gasteiger partial charge in [-0.05, 0) is 17.0 Å². The van der Waals surface area contributed by atoms with Gasteiger partial charge in [0, 0.05) is 13.1 Å². The zero-order chi connectivity index (χ0) is 13.6. The Labute approximate surface area is 110 Å². The van der Waals surface area contributed by atoms with Crippen molar-refractivity contribution in [1.82, 2.24) is 4.72 Å². The molecule has 0 saturated heterocycles. The highest BCUT2D eigenvalue weighted by atomic mass is 32.2. The van der Waals surface area contributed by atoms with Crippen LogP contribution in [0.5, 0.6) is 0 Å². The van der Waals surface area contributed by atoms with E-state index >= 15 is 0 Å². The number of nitrogens with two attached hydrogens (primary N) is 1. The molecule has 0 spiro atoms. The molecule has 0 heterocycles. The van der Waals surface area contributed by atoms with Crippen LogP contribution < -0.4 is 10.5 Å². The lowest BCUT2D eigenvalue weighted by molar-refractivity contribution is 0.528. The standard InChI is InChI=1S/C13H22N2O2S/c1-3-11(2)9-15-18(16,17)10-13-6-4-12(8-14)5-7-13/h4-7,11,15H,3,8-10,14H2,1-2H3. The van der Waals surface area contributed by atoms with Crippen LogP contribution in [0, 0.1) is 5.92 Å². The summed E-state index contributed by atoms with van der Waals surface area (Å²) in [5, 5.41) is 0. The van der Waals surface area contributed by atoms with Crippen molar-refractivity contribution in [2.75, 3.05) is 6.54 Å². The summed E-state index contributed by atoms with van der Waals surface area (Å²) in [7, 11) is -3.24. The fourth-order valence-electron chi connectivity index (χ4n) is 1.46. The van der Waals surface area contributed by atoms with Gasteiger partial charge in [0.05, 0.1) is 5.75 Å². The molecule has 3 N–H and O–H groups in total. The molecule has 1 aromatic carbocycles. The van der Waals surface area contributed by atoms with E-state index in [4.69, 9.17) is 5.73 Å². The smallest absolute Gasteiger partial charge is 0.215 e. The summed E-state index contributed by atoms with van der Waals surface area (Å²) in [5.74, 6) is 0.383. The second-order valence-electron chi connectivity index (χ2n) is 4.64. The van der Waals surface area contributed by atoms with Crippen molar-refractivity contribution in [2.24, 2.45) is 11.7 Å². The molecule has 18 heavy (non-hydrogen) atoms. The van der Waals surface area contributed by atoms with E-state index in [1.165, 1.54) is 0 Å². The molecular formula is C13H22N2O2S. The van der Waals surface area contributed by atoms with Crippen molar-refractivity contribution in [3.05, 3.63) is 35.4 Å². The van der Waals surface area contributed by atoms with Crippen LogP contribution in [0.3, 0.4) is 0 Å². The number of nitrogens with one attached hydrogen (secondary N) is 1. The van der Waals surface area contributed by atoms with Crippen LogP contribution >= 0.6 is 0 Å². The first-order valence-electron chi connectivity index (χ1n) is 6.22. The minimum atomic E-state index is -3.24. The Hall–Kier alpha value is -0.910. The second-order valence-corrected chi connectivity index (χ2v) is 6.45. The molecule has 1 atom stereocenters. The number of hydrogen-bond donors (Lipinski definition) is 2. The summed E-state index contributed by atoms with van der Waals surface area (Å²) in [5.41, 5.74) is 7.28. The summed E-state index contributed by atoms with van der Waals surface area (Å²) >= 11 is 0. The molecule has 1 aromatic rings. The summed E-state index contributed by atoms with van der Waals surface area (Å²) in [6.45, 7) is 5.04. The highest BCUT2D eigenvalue weighted by Gasteiger charge is 2.12. The fraction of sp³-hybridized carbons (Fsp3) is 0.538. The maximum atomic E-state index is 11.8. The van der Waals surface area contributed by atoms with Gasteiger partial charge in [0.2, 0.25) is 10.0 Å². The monoisotopic (exact) mass is 270 g/mol. The van der Waals surface area contributed by atoms with Gasteiger partial charge in [-0.2, -0.15) is 0 Å². The van der Waals surface area contributed by atoms with Gasteiger partial charge in [-0.3, -0.25) is 0 Å². The Balaban J connectivity index is 2.58. The molecule has 0 saturated carbocycles. The first kappa shape index (κ1) is 15.1. The van der Waals surface area contributed by atoms with Crippen molar-refractivity contribution in [3.63, 3.8) is 0 Å². The van der Waals surface area contributed by atoms with Crippen LogP contribution in [0.1, 0.15) is 31.4 Å². The topological polar surface area (TPSA) is 72.2 Å². The minimum Gasteiger partial charge on any atom is -0.326 e. The average molecular weight is 270 g/mol. The number of hydrogen-bond acceptors (Lipinski definition) is 3. The molecule has 0 aliphatic rings. The van der Waals surface area contributed by atoms with E-state index in [0.29, 0.717) is 19.0 Å². The maximum absolute atomic E-state index is 11.8. The third-order valence-corrected chi connectivity index (χ3v) is 4.28. The lowest BCUT2D eigenvalue weighted by Crippen LogP contribution is -2.29.